The molecule has 15 nitrogen and oxygen atoms in total. The van der Waals surface area contributed by atoms with Gasteiger partial charge in [0.2, 0.25) is 5.95 Å². The zero-order valence-corrected chi connectivity index (χ0v) is 34.2. The molecular weight excluding hydrogens is 757 g/mol. The van der Waals surface area contributed by atoms with Crippen LogP contribution in [0, 0.1) is 0 Å². The second-order valence-corrected chi connectivity index (χ2v) is 16.1. The van der Waals surface area contributed by atoms with Gasteiger partial charge in [0.25, 0.3) is 0 Å². The molecule has 4 aliphatic heterocycles. The summed E-state index contributed by atoms with van der Waals surface area (Å²) < 4.78 is 6.11. The number of nitrogens with one attached hydrogen (secondary N) is 4. The predicted molar refractivity (Wildman–Crippen MR) is 238 cm³/mol. The second-order valence-electron chi connectivity index (χ2n) is 16.1. The fraction of sp³-hybridized carbons (Fsp3) is 0.356. The maximum atomic E-state index is 13.0. The highest BCUT2D eigenvalue weighted by molar-refractivity contribution is 6.00. The van der Waals surface area contributed by atoms with Crippen molar-refractivity contribution in [3.63, 3.8) is 0 Å². The Bertz CT molecular complexity index is 2100. The van der Waals surface area contributed by atoms with Crippen LogP contribution in [0.3, 0.4) is 0 Å². The maximum Gasteiger partial charge on any atom is 0.323 e. The minimum atomic E-state index is -0.326. The van der Waals surface area contributed by atoms with E-state index in [0.29, 0.717) is 42.1 Å². The van der Waals surface area contributed by atoms with E-state index >= 15 is 0 Å². The number of benzene rings is 4. The number of carbonyl (C=O) groups excluding carboxylic acids is 2. The first-order valence-electron chi connectivity index (χ1n) is 20.9. The molecule has 5 aromatic rings. The lowest BCUT2D eigenvalue weighted by atomic mass is 10.1. The second kappa shape index (κ2) is 17.5. The van der Waals surface area contributed by atoms with Crippen molar-refractivity contribution in [1.29, 1.82) is 0 Å². The molecule has 15 heteroatoms. The fourth-order valence-electron chi connectivity index (χ4n) is 8.18. The van der Waals surface area contributed by atoms with Crippen LogP contribution in [0.2, 0.25) is 0 Å². The zero-order chi connectivity index (χ0) is 41.0. The monoisotopic (exact) mass is 808 g/mol. The van der Waals surface area contributed by atoms with Crippen molar-refractivity contribution in [3.8, 4) is 22.8 Å². The molecule has 4 saturated heterocycles. The van der Waals surface area contributed by atoms with E-state index in [1.165, 1.54) is 0 Å². The molecule has 4 N–H and O–H groups in total. The summed E-state index contributed by atoms with van der Waals surface area (Å²) in [7, 11) is 4.29. The number of rotatable bonds is 9. The van der Waals surface area contributed by atoms with E-state index in [-0.39, 0.29) is 24.3 Å². The summed E-state index contributed by atoms with van der Waals surface area (Å²) in [5.41, 5.74) is 6.60. The molecule has 2 bridgehead atoms. The Hall–Kier alpha value is -6.29. The number of hydrogen-bond donors (Lipinski definition) is 4. The van der Waals surface area contributed by atoms with Gasteiger partial charge in [0, 0.05) is 111 Å². The van der Waals surface area contributed by atoms with Crippen molar-refractivity contribution < 1.29 is 14.3 Å². The first-order chi connectivity index (χ1) is 29.3. The van der Waals surface area contributed by atoms with E-state index in [2.05, 4.69) is 84.1 Å². The highest BCUT2D eigenvalue weighted by Crippen LogP contribution is 2.31. The SMILES string of the molecule is CN1CCN(c2ccc(NC(=O)Nc3ccc(-c4nc(-c5ccc(NC(=O)Nc6ccc(N7CCN(C)CC7)cc6)cc5)nc(N5CC6CCC(C5)O6)n4)cc3)cc2)CC1. The number of likely N-dealkylation sites (N-methyl/N-ethyl adjacent to an activating group) is 2. The fourth-order valence-corrected chi connectivity index (χ4v) is 8.18. The van der Waals surface area contributed by atoms with Crippen LogP contribution in [0.25, 0.3) is 22.8 Å². The molecule has 4 fully saturated rings. The van der Waals surface area contributed by atoms with E-state index in [0.717, 1.165) is 99.1 Å². The lowest BCUT2D eigenvalue weighted by molar-refractivity contribution is 0.0299. The smallest absolute Gasteiger partial charge is 0.323 e. The number of urea groups is 2. The van der Waals surface area contributed by atoms with Crippen LogP contribution in [0.1, 0.15) is 12.8 Å². The van der Waals surface area contributed by atoms with Crippen LogP contribution in [0.5, 0.6) is 0 Å². The lowest BCUT2D eigenvalue weighted by Crippen LogP contribution is -2.44. The number of piperazine rings is 2. The minimum absolute atomic E-state index is 0.158. The summed E-state index contributed by atoms with van der Waals surface area (Å²) in [6.45, 7) is 9.53. The van der Waals surface area contributed by atoms with E-state index in [9.17, 15) is 9.59 Å². The van der Waals surface area contributed by atoms with Gasteiger partial charge in [-0.2, -0.15) is 9.97 Å². The van der Waals surface area contributed by atoms with Crippen LogP contribution in [-0.2, 0) is 4.74 Å². The van der Waals surface area contributed by atoms with Gasteiger partial charge in [-0.25, -0.2) is 14.6 Å². The molecule has 0 saturated carbocycles. The highest BCUT2D eigenvalue weighted by Gasteiger charge is 2.35. The Labute approximate surface area is 350 Å². The average molecular weight is 809 g/mol. The molecule has 2 unspecified atom stereocenters. The van der Waals surface area contributed by atoms with Crippen LogP contribution >= 0.6 is 0 Å². The lowest BCUT2D eigenvalue weighted by Gasteiger charge is -2.34. The number of carbonyl (C=O) groups is 2. The van der Waals surface area contributed by atoms with Gasteiger partial charge >= 0.3 is 12.1 Å². The van der Waals surface area contributed by atoms with Gasteiger partial charge < -0.3 is 50.5 Å². The Morgan fingerprint density at radius 3 is 1.20 bits per heavy atom. The largest absolute Gasteiger partial charge is 0.371 e. The molecular formula is C45H52N12O3. The Morgan fingerprint density at radius 2 is 0.833 bits per heavy atom. The summed E-state index contributed by atoms with van der Waals surface area (Å²) in [5, 5.41) is 11.8. The number of morpholine rings is 1. The molecule has 1 aromatic heterocycles. The number of fused-ring (bicyclic) bond motifs is 2. The number of nitrogens with zero attached hydrogens (tertiary/aromatic N) is 8. The van der Waals surface area contributed by atoms with Gasteiger partial charge in [-0.3, -0.25) is 0 Å². The Balaban J connectivity index is 0.857. The number of anilines is 7. The van der Waals surface area contributed by atoms with Crippen molar-refractivity contribution in [3.05, 3.63) is 97.1 Å². The van der Waals surface area contributed by atoms with E-state index in [4.69, 9.17) is 19.7 Å². The van der Waals surface area contributed by atoms with E-state index < -0.39 is 0 Å². The van der Waals surface area contributed by atoms with E-state index in [1.54, 1.807) is 0 Å². The summed E-state index contributed by atoms with van der Waals surface area (Å²) in [5.74, 6) is 1.63. The van der Waals surface area contributed by atoms with Gasteiger partial charge in [0.15, 0.2) is 11.6 Å². The molecule has 0 aliphatic carbocycles. The normalized spacial score (nSPS) is 19.5. The molecule has 4 amide bonds. The molecule has 9 rings (SSSR count). The van der Waals surface area contributed by atoms with Crippen LogP contribution in [-0.4, -0.2) is 129 Å². The van der Waals surface area contributed by atoms with Gasteiger partial charge in [-0.05, 0) is 124 Å². The third-order valence-corrected chi connectivity index (χ3v) is 11.7. The van der Waals surface area contributed by atoms with Crippen molar-refractivity contribution in [2.24, 2.45) is 0 Å². The molecule has 0 radical (unpaired) electrons. The summed E-state index contributed by atoms with van der Waals surface area (Å²) in [6.07, 6.45) is 2.37. The van der Waals surface area contributed by atoms with Gasteiger partial charge in [-0.1, -0.05) is 0 Å². The standard InChI is InChI=1S/C45H52N12O3/c1-53-21-25-55(26-22-53)37-15-11-35(12-16-37)48-44(58)46-33-7-3-31(4-8-33)41-50-42(52-43(51-41)57-29-39-19-20-40(30-57)60-39)32-5-9-34(10-6-32)47-45(59)49-36-13-17-38(18-14-36)56-27-23-54(2)24-28-56/h3-18,39-40H,19-30H2,1-2H3,(H2,46,48,58)(H2,47,49,59). The topological polar surface area (TPSA) is 146 Å². The first kappa shape index (κ1) is 39.2. The van der Waals surface area contributed by atoms with E-state index in [1.807, 2.05) is 72.8 Å². The quantitative estimate of drug-likeness (QED) is 0.132. The van der Waals surface area contributed by atoms with Gasteiger partial charge in [0.1, 0.15) is 0 Å². The summed E-state index contributed by atoms with van der Waals surface area (Å²) >= 11 is 0. The number of ether oxygens (including phenoxy) is 1. The minimum Gasteiger partial charge on any atom is -0.371 e. The molecule has 310 valence electrons. The molecule has 4 aromatic carbocycles. The van der Waals surface area contributed by atoms with Crippen LogP contribution < -0.4 is 36.0 Å². The number of hydrogen-bond acceptors (Lipinski definition) is 11. The van der Waals surface area contributed by atoms with Gasteiger partial charge in [-0.15, -0.1) is 0 Å². The average Bonchev–Trinajstić information content (AvgIpc) is 3.61. The Morgan fingerprint density at radius 1 is 0.483 bits per heavy atom. The van der Waals surface area contributed by atoms with Crippen molar-refractivity contribution >= 4 is 52.1 Å². The molecule has 4 aliphatic rings. The number of amides is 4. The maximum absolute atomic E-state index is 13.0. The molecule has 2 atom stereocenters. The zero-order valence-electron chi connectivity index (χ0n) is 34.2. The molecule has 0 spiro atoms. The van der Waals surface area contributed by atoms with Crippen LogP contribution in [0.4, 0.5) is 49.7 Å². The van der Waals surface area contributed by atoms with Gasteiger partial charge in [0.05, 0.1) is 12.2 Å². The molecule has 5 heterocycles. The third-order valence-electron chi connectivity index (χ3n) is 11.7. The van der Waals surface area contributed by atoms with Crippen molar-refractivity contribution in [2.75, 3.05) is 116 Å². The molecule has 60 heavy (non-hydrogen) atoms. The van der Waals surface area contributed by atoms with Crippen LogP contribution in [0.15, 0.2) is 97.1 Å². The predicted octanol–water partition coefficient (Wildman–Crippen LogP) is 6.36. The number of aromatic nitrogens is 3. The summed E-state index contributed by atoms with van der Waals surface area (Å²) in [6, 6.07) is 30.3. The first-order valence-corrected chi connectivity index (χ1v) is 20.9. The Kier molecular flexibility index (Phi) is 11.4. The summed E-state index contributed by atoms with van der Waals surface area (Å²) in [4.78, 5) is 52.3. The van der Waals surface area contributed by atoms with Crippen molar-refractivity contribution in [1.82, 2.24) is 24.8 Å². The van der Waals surface area contributed by atoms with Crippen molar-refractivity contribution in [2.45, 2.75) is 25.0 Å². The highest BCUT2D eigenvalue weighted by atomic mass is 16.5. The third kappa shape index (κ3) is 9.44.